The number of aryl methyl sites for hydroxylation is 1. The highest BCUT2D eigenvalue weighted by Gasteiger charge is 2.21. The van der Waals surface area contributed by atoms with Crippen molar-refractivity contribution in [3.63, 3.8) is 0 Å². The van der Waals surface area contributed by atoms with Crippen LogP contribution in [-0.2, 0) is 20.0 Å². The minimum absolute atomic E-state index is 0.0534. The van der Waals surface area contributed by atoms with E-state index < -0.39 is 0 Å². The lowest BCUT2D eigenvalue weighted by Gasteiger charge is -2.32. The quantitative estimate of drug-likeness (QED) is 0.546. The number of piperidine rings is 1. The van der Waals surface area contributed by atoms with Crippen molar-refractivity contribution in [1.82, 2.24) is 19.0 Å². The van der Waals surface area contributed by atoms with Crippen LogP contribution in [0.15, 0.2) is 53.5 Å². The average molecular weight is 407 g/mol. The fraction of sp³-hybridized carbons (Fsp3) is 0.375. The molecule has 156 valence electrons. The lowest BCUT2D eigenvalue weighted by atomic mass is 9.90. The van der Waals surface area contributed by atoms with Gasteiger partial charge in [-0.25, -0.2) is 9.18 Å². The maximum atomic E-state index is 13.6. The molecular formula is C24H27FN4O. The Bertz CT molecular complexity index is 1240. The zero-order chi connectivity index (χ0) is 20.7. The van der Waals surface area contributed by atoms with E-state index in [1.807, 2.05) is 48.1 Å². The number of H-pyrrole nitrogens is 1. The van der Waals surface area contributed by atoms with E-state index >= 15 is 0 Å². The van der Waals surface area contributed by atoms with Crippen LogP contribution >= 0.6 is 0 Å². The van der Waals surface area contributed by atoms with Gasteiger partial charge in [-0.05, 0) is 74.2 Å². The molecule has 0 aliphatic carbocycles. The Hall–Kier alpha value is -2.86. The first-order valence-corrected chi connectivity index (χ1v) is 10.7. The molecule has 1 aliphatic rings. The summed E-state index contributed by atoms with van der Waals surface area (Å²) in [6, 6.07) is 12.9. The number of nitrogens with one attached hydrogen (secondary N) is 1. The molecule has 0 radical (unpaired) electrons. The smallest absolute Gasteiger partial charge is 0.328 e. The largest absolute Gasteiger partial charge is 0.361 e. The molecule has 5 rings (SSSR count). The number of hydrogen-bond donors (Lipinski definition) is 1. The van der Waals surface area contributed by atoms with Crippen LogP contribution in [0.5, 0.6) is 0 Å². The number of nitrogens with zero attached hydrogens (tertiary/aromatic N) is 3. The van der Waals surface area contributed by atoms with Gasteiger partial charge in [0.05, 0.1) is 11.0 Å². The van der Waals surface area contributed by atoms with Crippen molar-refractivity contribution in [3.8, 4) is 0 Å². The number of para-hydroxylation sites is 2. The highest BCUT2D eigenvalue weighted by atomic mass is 19.1. The van der Waals surface area contributed by atoms with Gasteiger partial charge in [-0.2, -0.15) is 0 Å². The van der Waals surface area contributed by atoms with Crippen molar-refractivity contribution >= 4 is 21.9 Å². The zero-order valence-electron chi connectivity index (χ0n) is 17.3. The van der Waals surface area contributed by atoms with Gasteiger partial charge in [-0.3, -0.25) is 9.13 Å². The number of aromatic nitrogens is 3. The van der Waals surface area contributed by atoms with Gasteiger partial charge in [-0.1, -0.05) is 12.1 Å². The van der Waals surface area contributed by atoms with Crippen LogP contribution in [0.4, 0.5) is 4.39 Å². The van der Waals surface area contributed by atoms with Crippen molar-refractivity contribution < 1.29 is 4.39 Å². The molecule has 4 aromatic rings. The lowest BCUT2D eigenvalue weighted by Crippen LogP contribution is -2.37. The van der Waals surface area contributed by atoms with Crippen LogP contribution in [0.25, 0.3) is 21.9 Å². The fourth-order valence-corrected chi connectivity index (χ4v) is 4.87. The van der Waals surface area contributed by atoms with Gasteiger partial charge in [-0.15, -0.1) is 0 Å². The molecule has 1 fully saturated rings. The third kappa shape index (κ3) is 3.45. The second-order valence-electron chi connectivity index (χ2n) is 8.47. The van der Waals surface area contributed by atoms with E-state index in [2.05, 4.69) is 9.88 Å². The second-order valence-corrected chi connectivity index (χ2v) is 8.47. The van der Waals surface area contributed by atoms with E-state index in [-0.39, 0.29) is 11.5 Å². The zero-order valence-corrected chi connectivity index (χ0v) is 17.3. The summed E-state index contributed by atoms with van der Waals surface area (Å²) in [6.07, 6.45) is 5.28. The molecule has 0 amide bonds. The van der Waals surface area contributed by atoms with E-state index in [1.54, 1.807) is 10.6 Å². The molecule has 2 aromatic heterocycles. The van der Waals surface area contributed by atoms with Crippen molar-refractivity contribution in [2.45, 2.75) is 25.8 Å². The van der Waals surface area contributed by atoms with Gasteiger partial charge in [0.1, 0.15) is 5.82 Å². The van der Waals surface area contributed by atoms with Crippen LogP contribution in [0.2, 0.25) is 0 Å². The van der Waals surface area contributed by atoms with Gasteiger partial charge >= 0.3 is 5.69 Å². The first kappa shape index (κ1) is 19.1. The molecule has 0 bridgehead atoms. The molecule has 1 aliphatic heterocycles. The number of imidazole rings is 1. The van der Waals surface area contributed by atoms with Crippen molar-refractivity contribution in [2.24, 2.45) is 13.0 Å². The van der Waals surface area contributed by atoms with Crippen LogP contribution in [0.3, 0.4) is 0 Å². The molecule has 30 heavy (non-hydrogen) atoms. The molecule has 5 nitrogen and oxygen atoms in total. The maximum absolute atomic E-state index is 13.6. The second kappa shape index (κ2) is 7.76. The number of likely N-dealkylation sites (tertiary alicyclic amines) is 1. The third-order valence-corrected chi connectivity index (χ3v) is 6.64. The molecule has 0 saturated carbocycles. The number of halogens is 1. The van der Waals surface area contributed by atoms with Crippen LogP contribution < -0.4 is 5.69 Å². The molecule has 6 heteroatoms. The van der Waals surface area contributed by atoms with Crippen LogP contribution in [0, 0.1) is 11.7 Å². The van der Waals surface area contributed by atoms with Crippen molar-refractivity contribution in [2.75, 3.05) is 19.6 Å². The Morgan fingerprint density at radius 3 is 2.63 bits per heavy atom. The van der Waals surface area contributed by atoms with E-state index in [9.17, 15) is 9.18 Å². The van der Waals surface area contributed by atoms with Crippen molar-refractivity contribution in [3.05, 3.63) is 70.5 Å². The Kier molecular flexibility index (Phi) is 4.95. The minimum Gasteiger partial charge on any atom is -0.361 e. The fourth-order valence-electron chi connectivity index (χ4n) is 4.87. The highest BCUT2D eigenvalue weighted by Crippen LogP contribution is 2.27. The molecule has 1 saturated heterocycles. The summed E-state index contributed by atoms with van der Waals surface area (Å²) in [6.45, 7) is 3.69. The van der Waals surface area contributed by atoms with Gasteiger partial charge < -0.3 is 9.88 Å². The van der Waals surface area contributed by atoms with E-state index in [0.717, 1.165) is 60.8 Å². The van der Waals surface area contributed by atoms with E-state index in [1.165, 1.54) is 11.6 Å². The number of fused-ring (bicyclic) bond motifs is 2. The number of rotatable bonds is 5. The Morgan fingerprint density at radius 2 is 1.83 bits per heavy atom. The summed E-state index contributed by atoms with van der Waals surface area (Å²) in [5.74, 6) is 0.436. The number of aromatic amines is 1. The van der Waals surface area contributed by atoms with Crippen molar-refractivity contribution in [1.29, 1.82) is 0 Å². The maximum Gasteiger partial charge on any atom is 0.328 e. The summed E-state index contributed by atoms with van der Waals surface area (Å²) in [5.41, 5.74) is 4.26. The molecule has 3 heterocycles. The van der Waals surface area contributed by atoms with Gasteiger partial charge in [0.25, 0.3) is 0 Å². The predicted octanol–water partition coefficient (Wildman–Crippen LogP) is 3.92. The number of benzene rings is 2. The molecule has 0 spiro atoms. The molecule has 1 N–H and O–H groups in total. The van der Waals surface area contributed by atoms with Gasteiger partial charge in [0, 0.05) is 37.2 Å². The summed E-state index contributed by atoms with van der Waals surface area (Å²) in [7, 11) is 1.84. The number of hydrogen-bond acceptors (Lipinski definition) is 2. The van der Waals surface area contributed by atoms with Crippen LogP contribution in [0.1, 0.15) is 18.4 Å². The first-order chi connectivity index (χ1) is 14.6. The molecule has 2 aromatic carbocycles. The third-order valence-electron chi connectivity index (χ3n) is 6.64. The summed E-state index contributed by atoms with van der Waals surface area (Å²) in [4.78, 5) is 18.3. The molecular weight excluding hydrogens is 379 g/mol. The SMILES string of the molecule is Cn1c(=O)n(CCN2CCC(Cc3c[nH]c4ccc(F)cc34)CC2)c2ccccc21. The lowest BCUT2D eigenvalue weighted by molar-refractivity contribution is 0.178. The predicted molar refractivity (Wildman–Crippen MR) is 118 cm³/mol. The first-order valence-electron chi connectivity index (χ1n) is 10.7. The minimum atomic E-state index is -0.179. The summed E-state index contributed by atoms with van der Waals surface area (Å²) < 4.78 is 17.2. The Balaban J connectivity index is 1.20. The monoisotopic (exact) mass is 406 g/mol. The summed E-state index contributed by atoms with van der Waals surface area (Å²) >= 11 is 0. The highest BCUT2D eigenvalue weighted by molar-refractivity contribution is 5.83. The Morgan fingerprint density at radius 1 is 1.07 bits per heavy atom. The summed E-state index contributed by atoms with van der Waals surface area (Å²) in [5, 5.41) is 1.01. The average Bonchev–Trinajstić information content (AvgIpc) is 3.26. The van der Waals surface area contributed by atoms with Gasteiger partial charge in [0.2, 0.25) is 0 Å². The van der Waals surface area contributed by atoms with E-state index in [4.69, 9.17) is 0 Å². The standard InChI is InChI=1S/C24H27FN4O/c1-27-22-4-2-3-5-23(22)29(24(27)30)13-12-28-10-8-17(9-11-28)14-18-16-26-21-7-6-19(25)15-20(18)21/h2-7,15-17,26H,8-14H2,1H3. The molecule has 0 atom stereocenters. The molecule has 0 unspecified atom stereocenters. The Labute approximate surface area is 174 Å². The normalized spacial score (nSPS) is 16.1. The van der Waals surface area contributed by atoms with Crippen LogP contribution in [-0.4, -0.2) is 38.7 Å². The van der Waals surface area contributed by atoms with Gasteiger partial charge in [0.15, 0.2) is 0 Å². The topological polar surface area (TPSA) is 46.0 Å². The van der Waals surface area contributed by atoms with E-state index in [0.29, 0.717) is 12.5 Å².